The van der Waals surface area contributed by atoms with Crippen LogP contribution in [-0.2, 0) is 21.2 Å². The molecule has 3 heterocycles. The quantitative estimate of drug-likeness (QED) is 0.321. The van der Waals surface area contributed by atoms with E-state index in [1.165, 1.54) is 6.33 Å². The van der Waals surface area contributed by atoms with Crippen molar-refractivity contribution < 1.29 is 30.5 Å². The van der Waals surface area contributed by atoms with Crippen molar-refractivity contribution in [3.63, 3.8) is 0 Å². The van der Waals surface area contributed by atoms with Crippen LogP contribution in [0.5, 0.6) is 0 Å². The molecule has 1 aromatic carbocycles. The van der Waals surface area contributed by atoms with Gasteiger partial charge in [-0.25, -0.2) is 31.9 Å². The Morgan fingerprint density at radius 3 is 2.34 bits per heavy atom. The third-order valence-electron chi connectivity index (χ3n) is 5.19. The summed E-state index contributed by atoms with van der Waals surface area (Å²) in [4.78, 5) is 10.1. The Balaban J connectivity index is 1.54. The van der Waals surface area contributed by atoms with E-state index >= 15 is 0 Å². The van der Waals surface area contributed by atoms with Gasteiger partial charge in [-0.15, -0.1) is 0 Å². The smallest absolute Gasteiger partial charge is 0.246 e. The number of nitrogens with zero attached hydrogens (tertiary/aromatic N) is 3. The van der Waals surface area contributed by atoms with Crippen LogP contribution < -0.4 is 9.62 Å². The minimum Gasteiger partial charge on any atom is -0.611 e. The highest BCUT2D eigenvalue weighted by Crippen LogP contribution is 2.31. The van der Waals surface area contributed by atoms with Crippen molar-refractivity contribution in [3.8, 4) is 0 Å². The van der Waals surface area contributed by atoms with Gasteiger partial charge in [0.05, 0.1) is 5.39 Å². The van der Waals surface area contributed by atoms with E-state index in [4.69, 9.17) is 0 Å². The zero-order valence-electron chi connectivity index (χ0n) is 16.5. The molecule has 2 aromatic heterocycles. The molecule has 1 aliphatic heterocycles. The molecule has 1 fully saturated rings. The number of nitrogens with one attached hydrogen (secondary N) is 2. The Morgan fingerprint density at radius 2 is 1.75 bits per heavy atom. The Kier molecular flexibility index (Phi) is 6.04. The number of sulfonamides is 1. The first-order valence-electron chi connectivity index (χ1n) is 9.36. The van der Waals surface area contributed by atoms with Gasteiger partial charge >= 0.3 is 0 Å². The molecule has 14 heteroatoms. The van der Waals surface area contributed by atoms with Gasteiger partial charge in [0.1, 0.15) is 24.0 Å². The second-order valence-electron chi connectivity index (χ2n) is 7.19. The first kappa shape index (κ1) is 22.8. The molecule has 1 atom stereocenters. The molecule has 172 valence electrons. The van der Waals surface area contributed by atoms with Gasteiger partial charge in [-0.3, -0.25) is 0 Å². The third kappa shape index (κ3) is 3.91. The number of fused-ring (bicyclic) bond motifs is 1. The number of hydrogen-bond donors (Lipinski definition) is 2. The predicted molar refractivity (Wildman–Crippen MR) is 108 cm³/mol. The summed E-state index contributed by atoms with van der Waals surface area (Å²) >= 11 is -2.41. The monoisotopic (exact) mass is 491 g/mol. The van der Waals surface area contributed by atoms with Gasteiger partial charge in [0.15, 0.2) is 16.5 Å². The molecule has 0 radical (unpaired) electrons. The number of rotatable bonds is 5. The van der Waals surface area contributed by atoms with Crippen molar-refractivity contribution in [3.05, 3.63) is 41.9 Å². The highest BCUT2D eigenvalue weighted by Gasteiger charge is 2.38. The van der Waals surface area contributed by atoms with Crippen LogP contribution in [0, 0.1) is 23.3 Å². The lowest BCUT2D eigenvalue weighted by molar-refractivity contribution is 0.387. The summed E-state index contributed by atoms with van der Waals surface area (Å²) in [5, 5.41) is 0.787. The van der Waals surface area contributed by atoms with Crippen LogP contribution in [0.2, 0.25) is 0 Å². The minimum atomic E-state index is -4.94. The van der Waals surface area contributed by atoms with E-state index in [2.05, 4.69) is 19.7 Å². The van der Waals surface area contributed by atoms with Crippen molar-refractivity contribution in [1.82, 2.24) is 19.7 Å². The fraction of sp³-hybridized carbons (Fsp3) is 0.333. The molecule has 0 spiro atoms. The summed E-state index contributed by atoms with van der Waals surface area (Å²) in [5.74, 6) is -7.58. The van der Waals surface area contributed by atoms with Gasteiger partial charge in [0.25, 0.3) is 0 Å². The number of aromatic nitrogens is 3. The first-order chi connectivity index (χ1) is 15.1. The van der Waals surface area contributed by atoms with E-state index in [9.17, 15) is 30.5 Å². The maximum Gasteiger partial charge on any atom is 0.246 e. The number of benzene rings is 1. The van der Waals surface area contributed by atoms with Gasteiger partial charge in [-0.05, 0) is 30.1 Å². The van der Waals surface area contributed by atoms with Crippen LogP contribution in [0.1, 0.15) is 12.8 Å². The normalized spacial score (nSPS) is 16.6. The van der Waals surface area contributed by atoms with Crippen molar-refractivity contribution in [2.45, 2.75) is 28.7 Å². The molecule has 0 amide bonds. The van der Waals surface area contributed by atoms with Crippen LogP contribution >= 0.6 is 0 Å². The number of hydrogen-bond acceptors (Lipinski definition) is 6. The SMILES string of the molecule is C[S+]([O-])c1c(F)c(F)c(S(=O)(=O)NC2CCN(c3ncnc4[nH]ccc34)CC2)c(F)c1F. The third-order valence-corrected chi connectivity index (χ3v) is 7.66. The lowest BCUT2D eigenvalue weighted by atomic mass is 10.1. The molecule has 0 bridgehead atoms. The molecule has 1 unspecified atom stereocenters. The number of anilines is 1. The van der Waals surface area contributed by atoms with Gasteiger partial charge in [-0.1, -0.05) is 0 Å². The molecule has 1 aliphatic rings. The summed E-state index contributed by atoms with van der Waals surface area (Å²) in [7, 11) is -4.94. The molecule has 8 nitrogen and oxygen atoms in total. The summed E-state index contributed by atoms with van der Waals surface area (Å²) in [6, 6.07) is 1.07. The van der Waals surface area contributed by atoms with Gasteiger partial charge in [0.2, 0.25) is 26.6 Å². The van der Waals surface area contributed by atoms with Crippen molar-refractivity contribution in [2.75, 3.05) is 24.2 Å². The largest absolute Gasteiger partial charge is 0.611 e. The lowest BCUT2D eigenvalue weighted by Crippen LogP contribution is -2.45. The second kappa shape index (κ2) is 8.50. The Morgan fingerprint density at radius 1 is 1.12 bits per heavy atom. The van der Waals surface area contributed by atoms with E-state index in [1.54, 1.807) is 12.3 Å². The van der Waals surface area contributed by atoms with Gasteiger partial charge in [0, 0.05) is 25.3 Å². The van der Waals surface area contributed by atoms with E-state index < -0.39 is 60.3 Å². The van der Waals surface area contributed by atoms with Crippen LogP contribution in [-0.4, -0.2) is 53.3 Å². The van der Waals surface area contributed by atoms with Crippen molar-refractivity contribution >= 4 is 38.1 Å². The number of halogens is 4. The van der Waals surface area contributed by atoms with Gasteiger partial charge < -0.3 is 14.4 Å². The summed E-state index contributed by atoms with van der Waals surface area (Å²) in [6.07, 6.45) is 4.43. The predicted octanol–water partition coefficient (Wildman–Crippen LogP) is 2.20. The highest BCUT2D eigenvalue weighted by atomic mass is 32.2. The van der Waals surface area contributed by atoms with E-state index in [1.807, 2.05) is 4.90 Å². The average Bonchev–Trinajstić information content (AvgIpc) is 3.21. The Labute approximate surface area is 183 Å². The summed E-state index contributed by atoms with van der Waals surface area (Å²) < 4.78 is 95.6. The molecule has 3 aromatic rings. The topological polar surface area (TPSA) is 114 Å². The zero-order chi connectivity index (χ0) is 23.2. The first-order valence-corrected chi connectivity index (χ1v) is 12.4. The average molecular weight is 491 g/mol. The van der Waals surface area contributed by atoms with Crippen LogP contribution in [0.3, 0.4) is 0 Å². The van der Waals surface area contributed by atoms with Crippen LogP contribution in [0.4, 0.5) is 23.4 Å². The number of aromatic amines is 1. The minimum absolute atomic E-state index is 0.250. The maximum absolute atomic E-state index is 14.4. The van der Waals surface area contributed by atoms with E-state index in [0.717, 1.165) is 11.6 Å². The molecule has 4 rings (SSSR count). The second-order valence-corrected chi connectivity index (χ2v) is 10.2. The highest BCUT2D eigenvalue weighted by molar-refractivity contribution is 7.90. The van der Waals surface area contributed by atoms with Crippen LogP contribution in [0.25, 0.3) is 11.0 Å². The fourth-order valence-electron chi connectivity index (χ4n) is 3.68. The standard InChI is InChI=1S/C18H17F4N5O3S2/c1-31(28)15-11(19)13(21)16(14(22)12(15)20)32(29,30)26-9-3-6-27(7-4-9)18-10-2-5-23-17(10)24-8-25-18/h2,5,8-9,26H,3-4,6-7H2,1H3,(H,23,24,25). The molecule has 2 N–H and O–H groups in total. The maximum atomic E-state index is 14.4. The molecule has 32 heavy (non-hydrogen) atoms. The van der Waals surface area contributed by atoms with E-state index in [0.29, 0.717) is 24.6 Å². The lowest BCUT2D eigenvalue weighted by Gasteiger charge is -2.33. The summed E-state index contributed by atoms with van der Waals surface area (Å²) in [5.41, 5.74) is 0.643. The van der Waals surface area contributed by atoms with Crippen molar-refractivity contribution in [2.24, 2.45) is 0 Å². The fourth-order valence-corrected chi connectivity index (χ4v) is 5.81. The molecule has 1 saturated heterocycles. The Bertz CT molecular complexity index is 1250. The van der Waals surface area contributed by atoms with Crippen LogP contribution in [0.15, 0.2) is 28.4 Å². The number of piperidine rings is 1. The molecule has 0 saturated carbocycles. The molecular weight excluding hydrogens is 474 g/mol. The summed E-state index contributed by atoms with van der Waals surface area (Å²) in [6.45, 7) is 0.734. The Hall–Kier alpha value is -2.42. The van der Waals surface area contributed by atoms with Gasteiger partial charge in [-0.2, -0.15) is 8.78 Å². The van der Waals surface area contributed by atoms with E-state index in [-0.39, 0.29) is 12.8 Å². The number of H-pyrrole nitrogens is 1. The molecule has 0 aliphatic carbocycles. The molecular formula is C18H17F4N5O3S2. The zero-order valence-corrected chi connectivity index (χ0v) is 18.2. The van der Waals surface area contributed by atoms with Crippen molar-refractivity contribution in [1.29, 1.82) is 0 Å².